The lowest BCUT2D eigenvalue weighted by molar-refractivity contribution is 0.119. The summed E-state index contributed by atoms with van der Waals surface area (Å²) in [6, 6.07) is 16.6. The molecule has 5 heteroatoms. The first kappa shape index (κ1) is 16.1. The van der Waals surface area contributed by atoms with E-state index in [1.165, 1.54) is 5.57 Å². The van der Waals surface area contributed by atoms with Gasteiger partial charge < -0.3 is 20.1 Å². The van der Waals surface area contributed by atoms with Gasteiger partial charge in [-0.15, -0.1) is 0 Å². The van der Waals surface area contributed by atoms with E-state index >= 15 is 0 Å². The summed E-state index contributed by atoms with van der Waals surface area (Å²) in [5.41, 5.74) is 1.90. The van der Waals surface area contributed by atoms with E-state index in [1.54, 1.807) is 18.3 Å². The number of ether oxygens (including phenoxy) is 2. The highest BCUT2D eigenvalue weighted by Gasteiger charge is 2.06. The average molecular weight is 324 g/mol. The molecular weight excluding hydrogens is 304 g/mol. The van der Waals surface area contributed by atoms with Gasteiger partial charge in [0, 0.05) is 11.9 Å². The fourth-order valence-corrected chi connectivity index (χ4v) is 2.34. The number of para-hydroxylation sites is 1. The first-order valence-electron chi connectivity index (χ1n) is 7.96. The van der Waals surface area contributed by atoms with Crippen LogP contribution in [0.5, 0.6) is 11.5 Å². The summed E-state index contributed by atoms with van der Waals surface area (Å²) in [7, 11) is 0. The summed E-state index contributed by atoms with van der Waals surface area (Å²) in [6.45, 7) is 1.44. The molecule has 0 bridgehead atoms. The molecule has 2 amide bonds. The smallest absolute Gasteiger partial charge is 0.323 e. The molecule has 1 heterocycles. The van der Waals surface area contributed by atoms with Crippen LogP contribution in [0.25, 0.3) is 0 Å². The van der Waals surface area contributed by atoms with Crippen LogP contribution in [0.1, 0.15) is 12.8 Å². The molecule has 0 unspecified atom stereocenters. The van der Waals surface area contributed by atoms with Gasteiger partial charge in [0.1, 0.15) is 11.5 Å². The van der Waals surface area contributed by atoms with Crippen molar-refractivity contribution in [3.8, 4) is 11.5 Å². The molecule has 0 saturated carbocycles. The Bertz CT molecular complexity index is 688. The van der Waals surface area contributed by atoms with Gasteiger partial charge in [-0.25, -0.2) is 4.79 Å². The van der Waals surface area contributed by atoms with Gasteiger partial charge in [-0.1, -0.05) is 18.2 Å². The summed E-state index contributed by atoms with van der Waals surface area (Å²) in [5, 5.41) is 5.55. The molecule has 1 fully saturated rings. The standard InChI is InChI=1S/C19H20N2O3/c22-19(20-14-15-10-12-23-13-11-15)21-16-6-8-18(9-7-16)24-17-4-2-1-3-5-17/h1-9,14H,10-13H2,(H2,20,21,22). The van der Waals surface area contributed by atoms with E-state index in [9.17, 15) is 4.79 Å². The number of nitrogens with one attached hydrogen (secondary N) is 2. The predicted octanol–water partition coefficient (Wildman–Crippen LogP) is 4.29. The minimum atomic E-state index is -0.259. The van der Waals surface area contributed by atoms with Gasteiger partial charge in [-0.05, 0) is 54.8 Å². The van der Waals surface area contributed by atoms with Gasteiger partial charge in [-0.3, -0.25) is 0 Å². The molecule has 0 aliphatic carbocycles. The predicted molar refractivity (Wildman–Crippen MR) is 93.2 cm³/mol. The normalized spacial score (nSPS) is 13.9. The van der Waals surface area contributed by atoms with Crippen molar-refractivity contribution in [3.05, 3.63) is 66.4 Å². The minimum absolute atomic E-state index is 0.259. The maximum atomic E-state index is 11.9. The van der Waals surface area contributed by atoms with Crippen molar-refractivity contribution in [2.75, 3.05) is 18.5 Å². The third-order valence-corrected chi connectivity index (χ3v) is 3.63. The third kappa shape index (κ3) is 4.86. The zero-order valence-electron chi connectivity index (χ0n) is 13.3. The Labute approximate surface area is 141 Å². The van der Waals surface area contributed by atoms with Crippen LogP contribution in [0.3, 0.4) is 0 Å². The van der Waals surface area contributed by atoms with E-state index in [0.717, 1.165) is 37.6 Å². The van der Waals surface area contributed by atoms with E-state index in [2.05, 4.69) is 10.6 Å². The molecule has 3 rings (SSSR count). The average Bonchev–Trinajstić information content (AvgIpc) is 2.63. The maximum Gasteiger partial charge on any atom is 0.323 e. The van der Waals surface area contributed by atoms with Crippen molar-refractivity contribution < 1.29 is 14.3 Å². The highest BCUT2D eigenvalue weighted by atomic mass is 16.5. The highest BCUT2D eigenvalue weighted by molar-refractivity contribution is 5.89. The topological polar surface area (TPSA) is 59.6 Å². The van der Waals surface area contributed by atoms with Crippen LogP contribution in [-0.4, -0.2) is 19.2 Å². The third-order valence-electron chi connectivity index (χ3n) is 3.63. The molecule has 1 saturated heterocycles. The summed E-state index contributed by atoms with van der Waals surface area (Å²) in [4.78, 5) is 11.9. The summed E-state index contributed by atoms with van der Waals surface area (Å²) >= 11 is 0. The molecule has 2 aromatic rings. The van der Waals surface area contributed by atoms with Crippen LogP contribution in [0.15, 0.2) is 66.4 Å². The molecule has 0 atom stereocenters. The van der Waals surface area contributed by atoms with Crippen molar-refractivity contribution in [1.82, 2.24) is 5.32 Å². The van der Waals surface area contributed by atoms with Crippen LogP contribution in [0, 0.1) is 0 Å². The number of benzene rings is 2. The van der Waals surface area contributed by atoms with Crippen LogP contribution in [0.4, 0.5) is 10.5 Å². The van der Waals surface area contributed by atoms with Crippen LogP contribution >= 0.6 is 0 Å². The summed E-state index contributed by atoms with van der Waals surface area (Å²) < 4.78 is 11.0. The molecule has 0 aromatic heterocycles. The Morgan fingerprint density at radius 1 is 0.958 bits per heavy atom. The number of carbonyl (C=O) groups excluding carboxylic acids is 1. The van der Waals surface area contributed by atoms with Crippen LogP contribution in [0.2, 0.25) is 0 Å². The first-order valence-corrected chi connectivity index (χ1v) is 7.96. The zero-order chi connectivity index (χ0) is 16.6. The monoisotopic (exact) mass is 324 g/mol. The summed E-state index contributed by atoms with van der Waals surface area (Å²) in [6.07, 6.45) is 3.50. The van der Waals surface area contributed by atoms with Crippen molar-refractivity contribution >= 4 is 11.7 Å². The number of hydrogen-bond acceptors (Lipinski definition) is 3. The van der Waals surface area contributed by atoms with Gasteiger partial charge in [0.15, 0.2) is 0 Å². The molecule has 2 aromatic carbocycles. The molecule has 0 spiro atoms. The molecule has 0 radical (unpaired) electrons. The Morgan fingerprint density at radius 2 is 1.62 bits per heavy atom. The largest absolute Gasteiger partial charge is 0.457 e. The molecule has 5 nitrogen and oxygen atoms in total. The fourth-order valence-electron chi connectivity index (χ4n) is 2.34. The van der Waals surface area contributed by atoms with E-state index in [0.29, 0.717) is 5.69 Å². The zero-order valence-corrected chi connectivity index (χ0v) is 13.3. The molecular formula is C19H20N2O3. The van der Waals surface area contributed by atoms with Crippen molar-refractivity contribution in [2.45, 2.75) is 12.8 Å². The Hall–Kier alpha value is -2.79. The summed E-state index contributed by atoms with van der Waals surface area (Å²) in [5.74, 6) is 1.50. The molecule has 1 aliphatic heterocycles. The molecule has 124 valence electrons. The second-order valence-electron chi connectivity index (χ2n) is 5.45. The van der Waals surface area contributed by atoms with E-state index in [-0.39, 0.29) is 6.03 Å². The number of urea groups is 1. The van der Waals surface area contributed by atoms with Crippen molar-refractivity contribution in [3.63, 3.8) is 0 Å². The number of anilines is 1. The first-order chi connectivity index (χ1) is 11.8. The van der Waals surface area contributed by atoms with E-state index < -0.39 is 0 Å². The molecule has 1 aliphatic rings. The SMILES string of the molecule is O=C(NC=C1CCOCC1)Nc1ccc(Oc2ccccc2)cc1. The second kappa shape index (κ2) is 8.17. The second-order valence-corrected chi connectivity index (χ2v) is 5.45. The quantitative estimate of drug-likeness (QED) is 0.882. The van der Waals surface area contributed by atoms with Crippen LogP contribution < -0.4 is 15.4 Å². The Balaban J connectivity index is 1.51. The number of amides is 2. The van der Waals surface area contributed by atoms with Gasteiger partial charge in [0.05, 0.1) is 13.2 Å². The minimum Gasteiger partial charge on any atom is -0.457 e. The van der Waals surface area contributed by atoms with Gasteiger partial charge in [0.25, 0.3) is 0 Å². The fraction of sp³-hybridized carbons (Fsp3) is 0.211. The number of rotatable bonds is 4. The van der Waals surface area contributed by atoms with E-state index in [1.807, 2.05) is 42.5 Å². The maximum absolute atomic E-state index is 11.9. The lowest BCUT2D eigenvalue weighted by atomic mass is 10.1. The number of carbonyl (C=O) groups is 1. The van der Waals surface area contributed by atoms with Crippen molar-refractivity contribution in [2.24, 2.45) is 0 Å². The van der Waals surface area contributed by atoms with Gasteiger partial charge in [-0.2, -0.15) is 0 Å². The Morgan fingerprint density at radius 3 is 2.33 bits per heavy atom. The number of hydrogen-bond donors (Lipinski definition) is 2. The van der Waals surface area contributed by atoms with Crippen LogP contribution in [-0.2, 0) is 4.74 Å². The van der Waals surface area contributed by atoms with Gasteiger partial charge >= 0.3 is 6.03 Å². The lowest BCUT2D eigenvalue weighted by Crippen LogP contribution is -2.25. The highest BCUT2D eigenvalue weighted by Crippen LogP contribution is 2.22. The van der Waals surface area contributed by atoms with Crippen molar-refractivity contribution in [1.29, 1.82) is 0 Å². The molecule has 2 N–H and O–H groups in total. The Kier molecular flexibility index (Phi) is 5.48. The van der Waals surface area contributed by atoms with Gasteiger partial charge in [0.2, 0.25) is 0 Å². The lowest BCUT2D eigenvalue weighted by Gasteiger charge is -2.14. The molecule has 24 heavy (non-hydrogen) atoms. The van der Waals surface area contributed by atoms with E-state index in [4.69, 9.17) is 9.47 Å².